The summed E-state index contributed by atoms with van der Waals surface area (Å²) in [5, 5.41) is 15.2. The lowest BCUT2D eigenvalue weighted by molar-refractivity contribution is -0.385. The first-order valence-electron chi connectivity index (χ1n) is 6.01. The van der Waals surface area contributed by atoms with Crippen molar-refractivity contribution in [1.29, 1.82) is 0 Å². The van der Waals surface area contributed by atoms with Crippen LogP contribution < -0.4 is 10.6 Å². The Morgan fingerprint density at radius 3 is 2.57 bits per heavy atom. The topological polar surface area (TPSA) is 84.3 Å². The molecule has 0 aromatic heterocycles. The Kier molecular flexibility index (Phi) is 5.65. The molecule has 21 heavy (non-hydrogen) atoms. The number of hydrogen-bond donors (Lipinski definition) is 2. The molecule has 0 heterocycles. The van der Waals surface area contributed by atoms with Gasteiger partial charge in [-0.1, -0.05) is 18.2 Å². The number of hydrogen-bond acceptors (Lipinski definition) is 4. The summed E-state index contributed by atoms with van der Waals surface area (Å²) in [7, 11) is 0. The van der Waals surface area contributed by atoms with E-state index in [1.165, 1.54) is 25.1 Å². The first kappa shape index (κ1) is 16.9. The first-order valence-corrected chi connectivity index (χ1v) is 6.01. The van der Waals surface area contributed by atoms with Crippen LogP contribution in [-0.2, 0) is 11.3 Å². The number of para-hydroxylation sites is 1. The lowest BCUT2D eigenvalue weighted by Crippen LogP contribution is -2.45. The Morgan fingerprint density at radius 2 is 2.00 bits per heavy atom. The number of rotatable bonds is 6. The summed E-state index contributed by atoms with van der Waals surface area (Å²) in [6.07, 6.45) is -4.48. The molecule has 1 aromatic carbocycles. The molecule has 1 aromatic rings. The lowest BCUT2D eigenvalue weighted by Gasteiger charge is -2.15. The monoisotopic (exact) mass is 305 g/mol. The molecule has 0 spiro atoms. The van der Waals surface area contributed by atoms with Gasteiger partial charge < -0.3 is 10.6 Å². The van der Waals surface area contributed by atoms with Gasteiger partial charge in [-0.05, 0) is 6.92 Å². The van der Waals surface area contributed by atoms with Gasteiger partial charge in [-0.25, -0.2) is 0 Å². The molecule has 0 fully saturated rings. The van der Waals surface area contributed by atoms with Gasteiger partial charge in [0.25, 0.3) is 5.69 Å². The summed E-state index contributed by atoms with van der Waals surface area (Å²) < 4.78 is 35.9. The van der Waals surface area contributed by atoms with Gasteiger partial charge in [0.1, 0.15) is 6.54 Å². The molecule has 0 saturated carbocycles. The van der Waals surface area contributed by atoms with E-state index in [-0.39, 0.29) is 12.2 Å². The van der Waals surface area contributed by atoms with Crippen LogP contribution in [0.1, 0.15) is 12.5 Å². The van der Waals surface area contributed by atoms with E-state index in [0.717, 1.165) is 0 Å². The van der Waals surface area contributed by atoms with Crippen molar-refractivity contribution in [3.8, 4) is 0 Å². The van der Waals surface area contributed by atoms with Gasteiger partial charge in [0.05, 0.1) is 11.0 Å². The number of amides is 1. The van der Waals surface area contributed by atoms with Gasteiger partial charge in [0.15, 0.2) is 0 Å². The van der Waals surface area contributed by atoms with Crippen LogP contribution in [-0.4, -0.2) is 29.6 Å². The van der Waals surface area contributed by atoms with Gasteiger partial charge in [0, 0.05) is 18.2 Å². The number of halogens is 3. The van der Waals surface area contributed by atoms with Crippen molar-refractivity contribution in [2.24, 2.45) is 0 Å². The van der Waals surface area contributed by atoms with Crippen molar-refractivity contribution >= 4 is 11.6 Å². The van der Waals surface area contributed by atoms with Crippen LogP contribution in [0.3, 0.4) is 0 Å². The van der Waals surface area contributed by atoms with E-state index in [0.29, 0.717) is 5.56 Å². The lowest BCUT2D eigenvalue weighted by atomic mass is 10.1. The van der Waals surface area contributed by atoms with Crippen LogP contribution in [0, 0.1) is 10.1 Å². The minimum Gasteiger partial charge on any atom is -0.346 e. The van der Waals surface area contributed by atoms with Crippen LogP contribution in [0.15, 0.2) is 24.3 Å². The molecule has 1 atom stereocenters. The fourth-order valence-corrected chi connectivity index (χ4v) is 1.53. The second-order valence-corrected chi connectivity index (χ2v) is 4.32. The van der Waals surface area contributed by atoms with Crippen LogP contribution in [0.25, 0.3) is 0 Å². The van der Waals surface area contributed by atoms with Crippen LogP contribution >= 0.6 is 0 Å². The number of carbonyl (C=O) groups excluding carboxylic acids is 1. The zero-order valence-corrected chi connectivity index (χ0v) is 11.1. The van der Waals surface area contributed by atoms with E-state index in [1.807, 2.05) is 0 Å². The Balaban J connectivity index is 2.55. The highest BCUT2D eigenvalue weighted by Gasteiger charge is 2.28. The van der Waals surface area contributed by atoms with Crippen molar-refractivity contribution in [3.63, 3.8) is 0 Å². The third kappa shape index (κ3) is 5.78. The highest BCUT2D eigenvalue weighted by Crippen LogP contribution is 2.17. The molecule has 9 heteroatoms. The molecular weight excluding hydrogens is 291 g/mol. The van der Waals surface area contributed by atoms with Gasteiger partial charge in [-0.3, -0.25) is 14.9 Å². The van der Waals surface area contributed by atoms with Crippen molar-refractivity contribution < 1.29 is 22.9 Å². The molecule has 0 saturated heterocycles. The fraction of sp³-hybridized carbons (Fsp3) is 0.417. The van der Waals surface area contributed by atoms with E-state index in [2.05, 4.69) is 5.32 Å². The van der Waals surface area contributed by atoms with E-state index < -0.39 is 29.6 Å². The number of nitrogens with one attached hydrogen (secondary N) is 2. The summed E-state index contributed by atoms with van der Waals surface area (Å²) in [4.78, 5) is 21.6. The Bertz CT molecular complexity index is 520. The molecule has 0 radical (unpaired) electrons. The average Bonchev–Trinajstić information content (AvgIpc) is 2.41. The molecule has 6 nitrogen and oxygen atoms in total. The second-order valence-electron chi connectivity index (χ2n) is 4.32. The Morgan fingerprint density at radius 1 is 1.38 bits per heavy atom. The number of nitrogens with zero attached hydrogens (tertiary/aromatic N) is 1. The van der Waals surface area contributed by atoms with Gasteiger partial charge in [0.2, 0.25) is 5.91 Å². The standard InChI is InChI=1S/C12H14F3N3O3/c1-8(11(19)17-7-12(13,14)15)16-6-9-4-2-3-5-10(9)18(20)21/h2-5,8,16H,6-7H2,1H3,(H,17,19). The average molecular weight is 305 g/mol. The minimum absolute atomic E-state index is 0.00222. The van der Waals surface area contributed by atoms with Gasteiger partial charge >= 0.3 is 6.18 Å². The maximum Gasteiger partial charge on any atom is 0.405 e. The van der Waals surface area contributed by atoms with Crippen molar-refractivity contribution in [2.45, 2.75) is 25.7 Å². The van der Waals surface area contributed by atoms with Gasteiger partial charge in [-0.15, -0.1) is 0 Å². The quantitative estimate of drug-likeness (QED) is 0.619. The summed E-state index contributed by atoms with van der Waals surface area (Å²) in [5.41, 5.74) is 0.228. The summed E-state index contributed by atoms with van der Waals surface area (Å²) in [6.45, 7) is -0.0401. The molecule has 116 valence electrons. The molecule has 0 bridgehead atoms. The largest absolute Gasteiger partial charge is 0.405 e. The molecule has 0 aliphatic heterocycles. The minimum atomic E-state index is -4.48. The van der Waals surface area contributed by atoms with E-state index in [4.69, 9.17) is 0 Å². The predicted molar refractivity (Wildman–Crippen MR) is 68.5 cm³/mol. The number of carbonyl (C=O) groups is 1. The number of nitro benzene ring substituents is 1. The predicted octanol–water partition coefficient (Wildman–Crippen LogP) is 1.75. The fourth-order valence-electron chi connectivity index (χ4n) is 1.53. The zero-order chi connectivity index (χ0) is 16.0. The summed E-state index contributed by atoms with van der Waals surface area (Å²) in [6, 6.07) is 5.00. The third-order valence-electron chi connectivity index (χ3n) is 2.64. The second kappa shape index (κ2) is 7.02. The van der Waals surface area contributed by atoms with E-state index in [9.17, 15) is 28.1 Å². The maximum atomic E-state index is 12.0. The number of benzene rings is 1. The molecule has 2 N–H and O–H groups in total. The normalized spacial score (nSPS) is 12.8. The van der Waals surface area contributed by atoms with Crippen molar-refractivity contribution in [3.05, 3.63) is 39.9 Å². The van der Waals surface area contributed by atoms with Crippen molar-refractivity contribution in [2.75, 3.05) is 6.54 Å². The van der Waals surface area contributed by atoms with E-state index >= 15 is 0 Å². The highest BCUT2D eigenvalue weighted by molar-refractivity contribution is 5.81. The van der Waals surface area contributed by atoms with E-state index in [1.54, 1.807) is 11.4 Å². The molecule has 0 aliphatic carbocycles. The maximum absolute atomic E-state index is 12.0. The van der Waals surface area contributed by atoms with Crippen LogP contribution in [0.2, 0.25) is 0 Å². The Labute approximate surface area is 118 Å². The first-order chi connectivity index (χ1) is 9.70. The third-order valence-corrected chi connectivity index (χ3v) is 2.64. The van der Waals surface area contributed by atoms with Crippen molar-refractivity contribution in [1.82, 2.24) is 10.6 Å². The SMILES string of the molecule is CC(NCc1ccccc1[N+](=O)[O-])C(=O)NCC(F)(F)F. The number of alkyl halides is 3. The Hall–Kier alpha value is -2.16. The summed E-state index contributed by atoms with van der Waals surface area (Å²) >= 11 is 0. The van der Waals surface area contributed by atoms with Gasteiger partial charge in [-0.2, -0.15) is 13.2 Å². The molecule has 1 rings (SSSR count). The molecular formula is C12H14F3N3O3. The molecule has 0 aliphatic rings. The summed E-state index contributed by atoms with van der Waals surface area (Å²) in [5.74, 6) is -0.828. The zero-order valence-electron chi connectivity index (χ0n) is 11.1. The smallest absolute Gasteiger partial charge is 0.346 e. The van der Waals surface area contributed by atoms with Crippen LogP contribution in [0.5, 0.6) is 0 Å². The highest BCUT2D eigenvalue weighted by atomic mass is 19.4. The molecule has 1 unspecified atom stereocenters. The van der Waals surface area contributed by atoms with Crippen LogP contribution in [0.4, 0.5) is 18.9 Å². The number of nitro groups is 1. The molecule has 1 amide bonds.